The molecule has 0 aromatic heterocycles. The van der Waals surface area contributed by atoms with E-state index in [2.05, 4.69) is 27.3 Å². The van der Waals surface area contributed by atoms with Crippen LogP contribution in [0.4, 0.5) is 0 Å². The van der Waals surface area contributed by atoms with Gasteiger partial charge in [0, 0.05) is 22.6 Å². The second kappa shape index (κ2) is 5.57. The van der Waals surface area contributed by atoms with Gasteiger partial charge in [0.15, 0.2) is 0 Å². The van der Waals surface area contributed by atoms with Crippen molar-refractivity contribution in [1.82, 2.24) is 5.32 Å². The molecule has 0 fully saturated rings. The predicted molar refractivity (Wildman–Crippen MR) is 74.2 cm³/mol. The Morgan fingerprint density at radius 3 is 2.83 bits per heavy atom. The van der Waals surface area contributed by atoms with Crippen LogP contribution >= 0.6 is 15.9 Å². The van der Waals surface area contributed by atoms with Crippen molar-refractivity contribution < 1.29 is 9.53 Å². The first-order chi connectivity index (χ1) is 8.65. The minimum absolute atomic E-state index is 0.0919. The predicted octanol–water partition coefficient (Wildman–Crippen LogP) is 2.97. The summed E-state index contributed by atoms with van der Waals surface area (Å²) in [4.78, 5) is 11.9. The van der Waals surface area contributed by atoms with Crippen molar-refractivity contribution >= 4 is 21.9 Å². The Morgan fingerprint density at radius 2 is 2.17 bits per heavy atom. The number of rotatable bonds is 2. The molecule has 0 saturated heterocycles. The van der Waals surface area contributed by atoms with Crippen LogP contribution in [-0.2, 0) is 9.53 Å². The summed E-state index contributed by atoms with van der Waals surface area (Å²) in [5.74, 6) is -0.158. The lowest BCUT2D eigenvalue weighted by atomic mass is 9.85. The zero-order valence-electron chi connectivity index (χ0n) is 10.5. The van der Waals surface area contributed by atoms with Gasteiger partial charge in [-0.2, -0.15) is 0 Å². The molecule has 1 N–H and O–H groups in total. The first-order valence-electron chi connectivity index (χ1n) is 5.92. The van der Waals surface area contributed by atoms with E-state index in [0.717, 1.165) is 34.3 Å². The Kier molecular flexibility index (Phi) is 4.07. The number of halogens is 1. The Hall–Kier alpha value is -1.29. The third-order valence-corrected chi connectivity index (χ3v) is 3.98. The number of hydrogen-bond acceptors (Lipinski definition) is 3. The number of benzene rings is 1. The van der Waals surface area contributed by atoms with Crippen molar-refractivity contribution in [2.45, 2.75) is 19.3 Å². The molecule has 0 bridgehead atoms. The number of carbonyl (C=O) groups is 1. The van der Waals surface area contributed by atoms with Crippen LogP contribution < -0.4 is 5.32 Å². The largest absolute Gasteiger partial charge is 0.466 e. The first kappa shape index (κ1) is 13.1. The van der Waals surface area contributed by atoms with Gasteiger partial charge in [-0.15, -0.1) is 0 Å². The number of allylic oxidation sites excluding steroid dienone is 1. The highest BCUT2D eigenvalue weighted by Gasteiger charge is 2.29. The Morgan fingerprint density at radius 1 is 1.44 bits per heavy atom. The van der Waals surface area contributed by atoms with E-state index in [-0.39, 0.29) is 11.9 Å². The van der Waals surface area contributed by atoms with Gasteiger partial charge in [0.05, 0.1) is 12.7 Å². The lowest BCUT2D eigenvalue weighted by Gasteiger charge is -2.27. The van der Waals surface area contributed by atoms with Crippen LogP contribution in [0.2, 0.25) is 0 Å². The zero-order valence-corrected chi connectivity index (χ0v) is 12.1. The molecule has 18 heavy (non-hydrogen) atoms. The smallest absolute Gasteiger partial charge is 0.336 e. The monoisotopic (exact) mass is 309 g/mol. The molecule has 0 radical (unpaired) electrons. The summed E-state index contributed by atoms with van der Waals surface area (Å²) >= 11 is 3.56. The van der Waals surface area contributed by atoms with Crippen molar-refractivity contribution in [2.75, 3.05) is 13.7 Å². The summed E-state index contributed by atoms with van der Waals surface area (Å²) in [5, 5.41) is 3.23. The summed E-state index contributed by atoms with van der Waals surface area (Å²) < 4.78 is 5.93. The fraction of sp³-hybridized carbons (Fsp3) is 0.357. The van der Waals surface area contributed by atoms with Gasteiger partial charge in [-0.3, -0.25) is 0 Å². The van der Waals surface area contributed by atoms with E-state index in [1.54, 1.807) is 0 Å². The van der Waals surface area contributed by atoms with Crippen LogP contribution in [0.15, 0.2) is 40.0 Å². The Labute approximate surface area is 115 Å². The molecule has 1 aliphatic rings. The lowest BCUT2D eigenvalue weighted by Crippen LogP contribution is -2.29. The van der Waals surface area contributed by atoms with Crippen molar-refractivity contribution in [1.29, 1.82) is 0 Å². The topological polar surface area (TPSA) is 38.3 Å². The molecule has 0 amide bonds. The molecule has 1 heterocycles. The molecule has 1 aromatic rings. The third-order valence-electron chi connectivity index (χ3n) is 3.26. The molecule has 4 heteroatoms. The van der Waals surface area contributed by atoms with Gasteiger partial charge in [-0.05, 0) is 25.0 Å². The highest BCUT2D eigenvalue weighted by molar-refractivity contribution is 9.10. The van der Waals surface area contributed by atoms with Gasteiger partial charge in [0.1, 0.15) is 0 Å². The van der Waals surface area contributed by atoms with E-state index >= 15 is 0 Å². The number of methoxy groups -OCH3 is 1. The van der Waals surface area contributed by atoms with Crippen molar-refractivity contribution in [3.8, 4) is 0 Å². The molecule has 0 saturated carbocycles. The molecule has 1 aromatic carbocycles. The maximum absolute atomic E-state index is 11.9. The quantitative estimate of drug-likeness (QED) is 0.854. The van der Waals surface area contributed by atoms with Crippen LogP contribution in [-0.4, -0.2) is 19.6 Å². The fourth-order valence-corrected chi connectivity index (χ4v) is 2.94. The molecule has 0 spiro atoms. The van der Waals surface area contributed by atoms with Gasteiger partial charge >= 0.3 is 5.97 Å². The number of carbonyl (C=O) groups excluding carboxylic acids is 1. The Balaban J connectivity index is 2.46. The van der Waals surface area contributed by atoms with Crippen LogP contribution in [0, 0.1) is 0 Å². The standard InChI is InChI=1S/C14H16BrNO2/c1-9-13(14(17)18-2)11(7-8-16-9)10-5-3-4-6-12(10)15/h3-6,11,16H,7-8H2,1-2H3. The van der Waals surface area contributed by atoms with Crippen LogP contribution in [0.5, 0.6) is 0 Å². The molecule has 1 aliphatic heterocycles. The van der Waals surface area contributed by atoms with Gasteiger partial charge in [-0.1, -0.05) is 34.1 Å². The summed E-state index contributed by atoms with van der Waals surface area (Å²) in [5.41, 5.74) is 2.78. The highest BCUT2D eigenvalue weighted by atomic mass is 79.9. The van der Waals surface area contributed by atoms with Crippen molar-refractivity contribution in [2.24, 2.45) is 0 Å². The summed E-state index contributed by atoms with van der Waals surface area (Å²) in [6.45, 7) is 2.80. The van der Waals surface area contributed by atoms with Crippen molar-refractivity contribution in [3.05, 3.63) is 45.6 Å². The highest BCUT2D eigenvalue weighted by Crippen LogP contribution is 2.36. The van der Waals surface area contributed by atoms with Gasteiger partial charge in [0.2, 0.25) is 0 Å². The van der Waals surface area contributed by atoms with E-state index in [1.807, 2.05) is 25.1 Å². The number of hydrogen-bond donors (Lipinski definition) is 1. The van der Waals surface area contributed by atoms with E-state index in [9.17, 15) is 4.79 Å². The van der Waals surface area contributed by atoms with Crippen molar-refractivity contribution in [3.63, 3.8) is 0 Å². The zero-order chi connectivity index (χ0) is 13.1. The molecule has 2 rings (SSSR count). The van der Waals surface area contributed by atoms with Gasteiger partial charge in [0.25, 0.3) is 0 Å². The van der Waals surface area contributed by atoms with Gasteiger partial charge in [-0.25, -0.2) is 4.79 Å². The lowest BCUT2D eigenvalue weighted by molar-refractivity contribution is -0.136. The third kappa shape index (κ3) is 2.43. The van der Waals surface area contributed by atoms with E-state index < -0.39 is 0 Å². The number of ether oxygens (including phenoxy) is 1. The van der Waals surface area contributed by atoms with Crippen LogP contribution in [0.1, 0.15) is 24.8 Å². The molecule has 1 atom stereocenters. The molecule has 1 unspecified atom stereocenters. The maximum Gasteiger partial charge on any atom is 0.336 e. The average molecular weight is 310 g/mol. The second-order valence-electron chi connectivity index (χ2n) is 4.32. The molecule has 3 nitrogen and oxygen atoms in total. The van der Waals surface area contributed by atoms with E-state index in [4.69, 9.17) is 4.74 Å². The van der Waals surface area contributed by atoms with Gasteiger partial charge < -0.3 is 10.1 Å². The van der Waals surface area contributed by atoms with E-state index in [0.29, 0.717) is 0 Å². The summed E-state index contributed by atoms with van der Waals surface area (Å²) in [6.07, 6.45) is 0.893. The normalized spacial score (nSPS) is 19.4. The second-order valence-corrected chi connectivity index (χ2v) is 5.17. The number of esters is 1. The molecule has 0 aliphatic carbocycles. The molecular formula is C14H16BrNO2. The van der Waals surface area contributed by atoms with E-state index in [1.165, 1.54) is 7.11 Å². The maximum atomic E-state index is 11.9. The number of nitrogens with one attached hydrogen (secondary N) is 1. The first-order valence-corrected chi connectivity index (χ1v) is 6.71. The molecule has 96 valence electrons. The minimum Gasteiger partial charge on any atom is -0.466 e. The SMILES string of the molecule is COC(=O)C1=C(C)NCCC1c1ccccc1Br. The summed E-state index contributed by atoms with van der Waals surface area (Å²) in [7, 11) is 1.42. The Bertz CT molecular complexity index is 496. The summed E-state index contributed by atoms with van der Waals surface area (Å²) in [6, 6.07) is 8.02. The fourth-order valence-electron chi connectivity index (χ4n) is 2.38. The van der Waals surface area contributed by atoms with Crippen LogP contribution in [0.25, 0.3) is 0 Å². The average Bonchev–Trinajstić information content (AvgIpc) is 2.38. The minimum atomic E-state index is -0.250. The van der Waals surface area contributed by atoms with Crippen LogP contribution in [0.3, 0.4) is 0 Å². The molecular weight excluding hydrogens is 294 g/mol.